The SMILES string of the molecule is CC(=O)c1ccc(-n2cc(C(=O)[C@H](C)n3cncn3)nn2)cc1. The molecule has 8 nitrogen and oxygen atoms in total. The number of hydrogen-bond acceptors (Lipinski definition) is 6. The van der Waals surface area contributed by atoms with Crippen LogP contribution in [0, 0.1) is 0 Å². The van der Waals surface area contributed by atoms with E-state index < -0.39 is 6.04 Å². The maximum Gasteiger partial charge on any atom is 0.208 e. The second kappa shape index (κ2) is 5.91. The van der Waals surface area contributed by atoms with E-state index in [4.69, 9.17) is 0 Å². The van der Waals surface area contributed by atoms with Crippen molar-refractivity contribution >= 4 is 11.6 Å². The molecule has 0 saturated heterocycles. The van der Waals surface area contributed by atoms with E-state index in [9.17, 15) is 9.59 Å². The van der Waals surface area contributed by atoms with Crippen molar-refractivity contribution in [2.45, 2.75) is 19.9 Å². The molecule has 0 aliphatic heterocycles. The zero-order chi connectivity index (χ0) is 16.4. The summed E-state index contributed by atoms with van der Waals surface area (Å²) in [5.41, 5.74) is 1.57. The fraction of sp³-hybridized carbons (Fsp3) is 0.200. The lowest BCUT2D eigenvalue weighted by Gasteiger charge is -2.07. The number of carbonyl (C=O) groups is 2. The van der Waals surface area contributed by atoms with E-state index in [1.807, 2.05) is 0 Å². The number of rotatable bonds is 5. The summed E-state index contributed by atoms with van der Waals surface area (Å²) in [7, 11) is 0. The Morgan fingerprint density at radius 3 is 2.52 bits per heavy atom. The summed E-state index contributed by atoms with van der Waals surface area (Å²) in [5, 5.41) is 11.8. The van der Waals surface area contributed by atoms with Gasteiger partial charge in [-0.3, -0.25) is 9.59 Å². The summed E-state index contributed by atoms with van der Waals surface area (Å²) in [6.45, 7) is 3.23. The maximum absolute atomic E-state index is 12.4. The molecule has 2 aromatic heterocycles. The standard InChI is InChI=1S/C15H14N6O2/c1-10(21-9-16-8-17-21)15(23)14-7-20(19-18-14)13-5-3-12(4-6-13)11(2)22/h3-10H,1-2H3/t10-/m0/s1. The Kier molecular flexibility index (Phi) is 3.80. The van der Waals surface area contributed by atoms with Crippen LogP contribution in [0.15, 0.2) is 43.1 Å². The van der Waals surface area contributed by atoms with Gasteiger partial charge in [0.05, 0.1) is 11.9 Å². The molecule has 1 aromatic carbocycles. The van der Waals surface area contributed by atoms with Crippen LogP contribution < -0.4 is 0 Å². The molecule has 0 saturated carbocycles. The Labute approximate surface area is 131 Å². The van der Waals surface area contributed by atoms with Crippen LogP contribution in [0.4, 0.5) is 0 Å². The summed E-state index contributed by atoms with van der Waals surface area (Å²) in [6.07, 6.45) is 4.41. The van der Waals surface area contributed by atoms with Crippen LogP contribution in [0.25, 0.3) is 5.69 Å². The van der Waals surface area contributed by atoms with Gasteiger partial charge in [0.25, 0.3) is 0 Å². The third kappa shape index (κ3) is 2.91. The molecule has 0 radical (unpaired) electrons. The molecule has 116 valence electrons. The minimum absolute atomic E-state index is 0.00679. The van der Waals surface area contributed by atoms with Crippen molar-refractivity contribution in [2.75, 3.05) is 0 Å². The highest BCUT2D eigenvalue weighted by Gasteiger charge is 2.21. The highest BCUT2D eigenvalue weighted by atomic mass is 16.1. The fourth-order valence-electron chi connectivity index (χ4n) is 2.10. The highest BCUT2D eigenvalue weighted by Crippen LogP contribution is 2.13. The first kappa shape index (κ1) is 14.8. The van der Waals surface area contributed by atoms with Gasteiger partial charge in [-0.25, -0.2) is 14.3 Å². The molecule has 2 heterocycles. The molecular formula is C15H14N6O2. The van der Waals surface area contributed by atoms with Crippen LogP contribution in [0.5, 0.6) is 0 Å². The van der Waals surface area contributed by atoms with Crippen molar-refractivity contribution in [1.82, 2.24) is 29.8 Å². The summed E-state index contributed by atoms with van der Waals surface area (Å²) >= 11 is 0. The smallest absolute Gasteiger partial charge is 0.208 e. The molecule has 0 bridgehead atoms. The van der Waals surface area contributed by atoms with Gasteiger partial charge in [0.1, 0.15) is 18.7 Å². The zero-order valence-corrected chi connectivity index (χ0v) is 12.6. The van der Waals surface area contributed by atoms with Gasteiger partial charge in [0.15, 0.2) is 11.5 Å². The van der Waals surface area contributed by atoms with E-state index in [1.54, 1.807) is 37.4 Å². The Balaban J connectivity index is 1.82. The topological polar surface area (TPSA) is 95.6 Å². The lowest BCUT2D eigenvalue weighted by Crippen LogP contribution is -2.17. The number of hydrogen-bond donors (Lipinski definition) is 0. The average Bonchev–Trinajstić information content (AvgIpc) is 3.25. The van der Waals surface area contributed by atoms with Crippen LogP contribution in [0.2, 0.25) is 0 Å². The molecule has 3 rings (SSSR count). The van der Waals surface area contributed by atoms with Crippen molar-refractivity contribution in [3.05, 3.63) is 54.4 Å². The third-order valence-corrected chi connectivity index (χ3v) is 3.50. The molecule has 0 spiro atoms. The third-order valence-electron chi connectivity index (χ3n) is 3.50. The Morgan fingerprint density at radius 1 is 1.17 bits per heavy atom. The Morgan fingerprint density at radius 2 is 1.91 bits per heavy atom. The van der Waals surface area contributed by atoms with Crippen molar-refractivity contribution < 1.29 is 9.59 Å². The molecule has 0 unspecified atom stereocenters. The molecule has 0 amide bonds. The molecular weight excluding hydrogens is 296 g/mol. The van der Waals surface area contributed by atoms with Gasteiger partial charge in [0.2, 0.25) is 5.78 Å². The van der Waals surface area contributed by atoms with Gasteiger partial charge >= 0.3 is 0 Å². The van der Waals surface area contributed by atoms with E-state index in [0.29, 0.717) is 5.56 Å². The largest absolute Gasteiger partial charge is 0.295 e. The quantitative estimate of drug-likeness (QED) is 0.663. The summed E-state index contributed by atoms with van der Waals surface area (Å²) < 4.78 is 2.95. The molecule has 8 heteroatoms. The average molecular weight is 310 g/mol. The van der Waals surface area contributed by atoms with E-state index in [1.165, 1.54) is 28.9 Å². The van der Waals surface area contributed by atoms with E-state index in [-0.39, 0.29) is 17.3 Å². The van der Waals surface area contributed by atoms with Crippen LogP contribution in [0.1, 0.15) is 40.7 Å². The lowest BCUT2D eigenvalue weighted by molar-refractivity contribution is 0.0922. The zero-order valence-electron chi connectivity index (χ0n) is 12.6. The maximum atomic E-state index is 12.4. The molecule has 3 aromatic rings. The van der Waals surface area contributed by atoms with E-state index in [0.717, 1.165) is 5.69 Å². The van der Waals surface area contributed by atoms with Crippen molar-refractivity contribution in [2.24, 2.45) is 0 Å². The molecule has 0 N–H and O–H groups in total. The normalized spacial score (nSPS) is 12.1. The minimum Gasteiger partial charge on any atom is -0.295 e. The Bertz CT molecular complexity index is 835. The number of aromatic nitrogens is 6. The summed E-state index contributed by atoms with van der Waals surface area (Å²) in [5.74, 6) is -0.213. The van der Waals surface area contributed by atoms with Gasteiger partial charge in [-0.1, -0.05) is 5.21 Å². The van der Waals surface area contributed by atoms with Crippen LogP contribution in [-0.4, -0.2) is 41.3 Å². The minimum atomic E-state index is -0.511. The van der Waals surface area contributed by atoms with Gasteiger partial charge in [-0.05, 0) is 38.1 Å². The van der Waals surface area contributed by atoms with Crippen molar-refractivity contribution in [3.63, 3.8) is 0 Å². The lowest BCUT2D eigenvalue weighted by atomic mass is 10.1. The highest BCUT2D eigenvalue weighted by molar-refractivity contribution is 5.96. The number of carbonyl (C=O) groups excluding carboxylic acids is 2. The molecule has 0 fully saturated rings. The number of ketones is 2. The number of benzene rings is 1. The summed E-state index contributed by atoms with van der Waals surface area (Å²) in [4.78, 5) is 27.5. The van der Waals surface area contributed by atoms with Crippen LogP contribution in [0.3, 0.4) is 0 Å². The van der Waals surface area contributed by atoms with Crippen molar-refractivity contribution in [1.29, 1.82) is 0 Å². The van der Waals surface area contributed by atoms with Crippen LogP contribution in [-0.2, 0) is 0 Å². The van der Waals surface area contributed by atoms with Crippen molar-refractivity contribution in [3.8, 4) is 5.69 Å². The monoisotopic (exact) mass is 310 g/mol. The first-order valence-electron chi connectivity index (χ1n) is 6.98. The predicted molar refractivity (Wildman–Crippen MR) is 80.4 cm³/mol. The second-order valence-corrected chi connectivity index (χ2v) is 5.07. The first-order chi connectivity index (χ1) is 11.1. The molecule has 1 atom stereocenters. The Hall–Kier alpha value is -3.16. The van der Waals surface area contributed by atoms with E-state index >= 15 is 0 Å². The van der Waals surface area contributed by atoms with Gasteiger partial charge in [0, 0.05) is 5.56 Å². The summed E-state index contributed by atoms with van der Waals surface area (Å²) in [6, 6.07) is 6.40. The molecule has 0 aliphatic rings. The number of Topliss-reactive ketones (excluding diaryl/α,β-unsaturated/α-hetero) is 2. The second-order valence-electron chi connectivity index (χ2n) is 5.07. The first-order valence-corrected chi connectivity index (χ1v) is 6.98. The van der Waals surface area contributed by atoms with E-state index in [2.05, 4.69) is 20.4 Å². The number of nitrogens with zero attached hydrogens (tertiary/aromatic N) is 6. The molecule has 0 aliphatic carbocycles. The van der Waals surface area contributed by atoms with Crippen LogP contribution >= 0.6 is 0 Å². The fourth-order valence-corrected chi connectivity index (χ4v) is 2.10. The van der Waals surface area contributed by atoms with Gasteiger partial charge < -0.3 is 0 Å². The predicted octanol–water partition coefficient (Wildman–Crippen LogP) is 1.51. The van der Waals surface area contributed by atoms with Gasteiger partial charge in [-0.15, -0.1) is 5.10 Å². The molecule has 23 heavy (non-hydrogen) atoms. The van der Waals surface area contributed by atoms with Gasteiger partial charge in [-0.2, -0.15) is 5.10 Å².